The van der Waals surface area contributed by atoms with Crippen LogP contribution in [-0.2, 0) is 5.54 Å². The maximum Gasteiger partial charge on any atom is 0.145 e. The molecule has 1 saturated carbocycles. The monoisotopic (exact) mass is 285 g/mol. The van der Waals surface area contributed by atoms with E-state index < -0.39 is 5.54 Å². The second kappa shape index (κ2) is 7.59. The van der Waals surface area contributed by atoms with Crippen molar-refractivity contribution in [3.63, 3.8) is 0 Å². The standard InChI is InChI=1S/C18H27N3/c1-3-12-20-18(14-19,16-8-6-5-7-9-16)15-21(13-4-2)17-10-11-17/h5-9,17,20H,3-4,10-13,15H2,1-2H3. The summed E-state index contributed by atoms with van der Waals surface area (Å²) in [4.78, 5) is 2.50. The zero-order valence-electron chi connectivity index (χ0n) is 13.3. The van der Waals surface area contributed by atoms with E-state index in [0.29, 0.717) is 6.04 Å². The fraction of sp³-hybridized carbons (Fsp3) is 0.611. The van der Waals surface area contributed by atoms with E-state index in [4.69, 9.17) is 0 Å². The van der Waals surface area contributed by atoms with Crippen LogP contribution in [0.1, 0.15) is 45.1 Å². The molecule has 0 aliphatic heterocycles. The summed E-state index contributed by atoms with van der Waals surface area (Å²) < 4.78 is 0. The predicted molar refractivity (Wildman–Crippen MR) is 86.9 cm³/mol. The fourth-order valence-corrected chi connectivity index (χ4v) is 2.87. The lowest BCUT2D eigenvalue weighted by Crippen LogP contribution is -2.51. The van der Waals surface area contributed by atoms with Crippen LogP contribution in [0.4, 0.5) is 0 Å². The van der Waals surface area contributed by atoms with Gasteiger partial charge in [-0.25, -0.2) is 0 Å². The molecule has 3 nitrogen and oxygen atoms in total. The molecule has 3 heteroatoms. The molecule has 0 aromatic heterocycles. The Bertz CT molecular complexity index is 461. The molecule has 0 spiro atoms. The van der Waals surface area contributed by atoms with Crippen molar-refractivity contribution in [1.82, 2.24) is 10.2 Å². The van der Waals surface area contributed by atoms with Crippen LogP contribution in [-0.4, -0.2) is 30.6 Å². The Hall–Kier alpha value is -1.37. The van der Waals surface area contributed by atoms with Crippen LogP contribution in [0.5, 0.6) is 0 Å². The van der Waals surface area contributed by atoms with Gasteiger partial charge in [-0.2, -0.15) is 5.26 Å². The number of nitrogens with zero attached hydrogens (tertiary/aromatic N) is 2. The summed E-state index contributed by atoms with van der Waals surface area (Å²) >= 11 is 0. The van der Waals surface area contributed by atoms with Crippen LogP contribution in [0, 0.1) is 11.3 Å². The molecule has 0 saturated heterocycles. The van der Waals surface area contributed by atoms with Crippen molar-refractivity contribution >= 4 is 0 Å². The maximum atomic E-state index is 9.94. The highest BCUT2D eigenvalue weighted by atomic mass is 15.2. The average molecular weight is 285 g/mol. The highest BCUT2D eigenvalue weighted by Crippen LogP contribution is 2.31. The van der Waals surface area contributed by atoms with Gasteiger partial charge in [-0.1, -0.05) is 44.2 Å². The summed E-state index contributed by atoms with van der Waals surface area (Å²) in [6.07, 6.45) is 4.74. The van der Waals surface area contributed by atoms with E-state index in [-0.39, 0.29) is 0 Å². The molecule has 0 bridgehead atoms. The smallest absolute Gasteiger partial charge is 0.145 e. The Morgan fingerprint density at radius 3 is 2.48 bits per heavy atom. The summed E-state index contributed by atoms with van der Waals surface area (Å²) in [5.41, 5.74) is 0.498. The van der Waals surface area contributed by atoms with Crippen molar-refractivity contribution in [3.05, 3.63) is 35.9 Å². The minimum Gasteiger partial charge on any atom is -0.297 e. The number of hydrogen-bond donors (Lipinski definition) is 1. The number of hydrogen-bond acceptors (Lipinski definition) is 3. The molecule has 1 unspecified atom stereocenters. The summed E-state index contributed by atoms with van der Waals surface area (Å²) in [5.74, 6) is 0. The van der Waals surface area contributed by atoms with Gasteiger partial charge in [0.25, 0.3) is 0 Å². The van der Waals surface area contributed by atoms with Crippen LogP contribution >= 0.6 is 0 Å². The number of rotatable bonds is 9. The highest BCUT2D eigenvalue weighted by Gasteiger charge is 2.38. The quantitative estimate of drug-likeness (QED) is 0.757. The fourth-order valence-electron chi connectivity index (χ4n) is 2.87. The van der Waals surface area contributed by atoms with Crippen molar-refractivity contribution in [1.29, 1.82) is 5.26 Å². The molecule has 1 fully saturated rings. The third kappa shape index (κ3) is 4.06. The number of nitriles is 1. The van der Waals surface area contributed by atoms with E-state index in [1.807, 2.05) is 18.2 Å². The van der Waals surface area contributed by atoms with E-state index >= 15 is 0 Å². The Kier molecular flexibility index (Phi) is 5.78. The molecule has 0 heterocycles. The summed E-state index contributed by atoms with van der Waals surface area (Å²) in [7, 11) is 0. The average Bonchev–Trinajstić information content (AvgIpc) is 3.36. The molecule has 2 rings (SSSR count). The van der Waals surface area contributed by atoms with Gasteiger partial charge in [-0.3, -0.25) is 10.2 Å². The molecule has 1 atom stereocenters. The van der Waals surface area contributed by atoms with Crippen LogP contribution in [0.2, 0.25) is 0 Å². The van der Waals surface area contributed by atoms with Crippen molar-refractivity contribution in [2.75, 3.05) is 19.6 Å². The van der Waals surface area contributed by atoms with Crippen LogP contribution in [0.3, 0.4) is 0 Å². The Balaban J connectivity index is 2.23. The van der Waals surface area contributed by atoms with Crippen LogP contribution in [0.25, 0.3) is 0 Å². The zero-order valence-corrected chi connectivity index (χ0v) is 13.3. The molecule has 0 radical (unpaired) electrons. The highest BCUT2D eigenvalue weighted by molar-refractivity contribution is 5.32. The molecule has 1 aromatic carbocycles. The molecular weight excluding hydrogens is 258 g/mol. The van der Waals surface area contributed by atoms with E-state index in [9.17, 15) is 5.26 Å². The van der Waals surface area contributed by atoms with Crippen molar-refractivity contribution in [2.45, 2.75) is 51.1 Å². The third-order valence-electron chi connectivity index (χ3n) is 4.15. The first-order valence-electron chi connectivity index (χ1n) is 8.21. The van der Waals surface area contributed by atoms with Gasteiger partial charge in [0, 0.05) is 12.6 Å². The first kappa shape index (κ1) is 16.0. The summed E-state index contributed by atoms with van der Waals surface area (Å²) in [5, 5.41) is 13.5. The van der Waals surface area contributed by atoms with Gasteiger partial charge in [0.15, 0.2) is 0 Å². The predicted octanol–water partition coefficient (Wildman–Crippen LogP) is 3.28. The molecule has 1 N–H and O–H groups in total. The second-order valence-corrected chi connectivity index (χ2v) is 6.01. The Labute approximate surface area is 129 Å². The molecule has 1 aliphatic rings. The third-order valence-corrected chi connectivity index (χ3v) is 4.15. The van der Waals surface area contributed by atoms with Gasteiger partial charge in [0.2, 0.25) is 0 Å². The molecule has 1 aliphatic carbocycles. The van der Waals surface area contributed by atoms with Crippen molar-refractivity contribution in [3.8, 4) is 6.07 Å². The molecular formula is C18H27N3. The molecule has 114 valence electrons. The van der Waals surface area contributed by atoms with E-state index in [1.54, 1.807) is 0 Å². The minimum atomic E-state index is -0.588. The lowest BCUT2D eigenvalue weighted by Gasteiger charge is -2.34. The minimum absolute atomic E-state index is 0.588. The SMILES string of the molecule is CCCNC(C#N)(CN(CCC)C1CC1)c1ccccc1. The van der Waals surface area contributed by atoms with Crippen LogP contribution in [0.15, 0.2) is 30.3 Å². The molecule has 21 heavy (non-hydrogen) atoms. The maximum absolute atomic E-state index is 9.94. The van der Waals surface area contributed by atoms with Crippen LogP contribution < -0.4 is 5.32 Å². The van der Waals surface area contributed by atoms with Gasteiger partial charge in [-0.05, 0) is 44.3 Å². The number of benzene rings is 1. The molecule has 0 amide bonds. The number of nitrogens with one attached hydrogen (secondary N) is 1. The van der Waals surface area contributed by atoms with Gasteiger partial charge in [-0.15, -0.1) is 0 Å². The zero-order chi connectivity index (χ0) is 15.1. The first-order chi connectivity index (χ1) is 10.3. The largest absolute Gasteiger partial charge is 0.297 e. The topological polar surface area (TPSA) is 39.1 Å². The van der Waals surface area contributed by atoms with E-state index in [0.717, 1.165) is 38.0 Å². The normalized spacial score (nSPS) is 17.4. The Morgan fingerprint density at radius 1 is 1.24 bits per heavy atom. The summed E-state index contributed by atoms with van der Waals surface area (Å²) in [6.45, 7) is 7.09. The van der Waals surface area contributed by atoms with Crippen molar-refractivity contribution < 1.29 is 0 Å². The van der Waals surface area contributed by atoms with E-state index in [1.165, 1.54) is 12.8 Å². The Morgan fingerprint density at radius 2 is 1.95 bits per heavy atom. The second-order valence-electron chi connectivity index (χ2n) is 6.01. The van der Waals surface area contributed by atoms with Gasteiger partial charge >= 0.3 is 0 Å². The summed E-state index contributed by atoms with van der Waals surface area (Å²) in [6, 6.07) is 13.5. The van der Waals surface area contributed by atoms with E-state index in [2.05, 4.69) is 42.3 Å². The van der Waals surface area contributed by atoms with Gasteiger partial charge < -0.3 is 0 Å². The lowest BCUT2D eigenvalue weighted by molar-refractivity contribution is 0.202. The first-order valence-corrected chi connectivity index (χ1v) is 8.21. The lowest BCUT2D eigenvalue weighted by atomic mass is 9.90. The molecule has 1 aromatic rings. The van der Waals surface area contributed by atoms with Gasteiger partial charge in [0.05, 0.1) is 6.07 Å². The van der Waals surface area contributed by atoms with Crippen molar-refractivity contribution in [2.24, 2.45) is 0 Å². The van der Waals surface area contributed by atoms with Gasteiger partial charge in [0.1, 0.15) is 5.54 Å².